The molecule has 1 aliphatic heterocycles. The lowest BCUT2D eigenvalue weighted by Crippen LogP contribution is -2.18. The molecule has 1 aliphatic rings. The van der Waals surface area contributed by atoms with Crippen LogP contribution in [-0.2, 0) is 13.0 Å². The van der Waals surface area contributed by atoms with E-state index >= 15 is 0 Å². The summed E-state index contributed by atoms with van der Waals surface area (Å²) in [5.41, 5.74) is 3.76. The van der Waals surface area contributed by atoms with E-state index in [0.717, 1.165) is 11.6 Å². The molecular formula is C20H28N4. The van der Waals surface area contributed by atoms with E-state index in [2.05, 4.69) is 65.1 Å². The number of rotatable bonds is 2. The standard InChI is InChI=1S/C11H14N2.C9H14N2/c1-8(2)10-4-6-13-7-5-12-11(13)9(10)3;1-2-8-3-5-11-6-4-10-9(11)7-8/h4-8H,1-3H3;4,6,8H,2-3,5,7H2,1H3. The Morgan fingerprint density at radius 1 is 1.17 bits per heavy atom. The van der Waals surface area contributed by atoms with E-state index < -0.39 is 0 Å². The van der Waals surface area contributed by atoms with Gasteiger partial charge in [0.1, 0.15) is 11.5 Å². The maximum Gasteiger partial charge on any atom is 0.139 e. The second kappa shape index (κ2) is 7.20. The van der Waals surface area contributed by atoms with Gasteiger partial charge in [-0.3, -0.25) is 0 Å². The highest BCUT2D eigenvalue weighted by Gasteiger charge is 2.16. The zero-order valence-electron chi connectivity index (χ0n) is 15.2. The Labute approximate surface area is 144 Å². The van der Waals surface area contributed by atoms with Gasteiger partial charge in [-0.25, -0.2) is 9.97 Å². The summed E-state index contributed by atoms with van der Waals surface area (Å²) in [5, 5.41) is 0. The van der Waals surface area contributed by atoms with Crippen molar-refractivity contribution in [2.24, 2.45) is 5.92 Å². The van der Waals surface area contributed by atoms with E-state index in [0.29, 0.717) is 5.92 Å². The lowest BCUT2D eigenvalue weighted by molar-refractivity contribution is 0.372. The average molecular weight is 324 g/mol. The quantitative estimate of drug-likeness (QED) is 0.689. The molecule has 4 rings (SSSR count). The Bertz CT molecular complexity index is 797. The maximum atomic E-state index is 4.32. The van der Waals surface area contributed by atoms with E-state index in [4.69, 9.17) is 0 Å². The van der Waals surface area contributed by atoms with E-state index in [1.807, 2.05) is 18.6 Å². The van der Waals surface area contributed by atoms with Gasteiger partial charge in [0.25, 0.3) is 0 Å². The third-order valence-electron chi connectivity index (χ3n) is 5.10. The number of imidazole rings is 2. The topological polar surface area (TPSA) is 35.1 Å². The molecule has 4 heteroatoms. The second-order valence-corrected chi connectivity index (χ2v) is 7.01. The van der Waals surface area contributed by atoms with E-state index in [1.54, 1.807) is 0 Å². The van der Waals surface area contributed by atoms with Crippen molar-refractivity contribution in [2.75, 3.05) is 0 Å². The van der Waals surface area contributed by atoms with Crippen LogP contribution in [0.2, 0.25) is 0 Å². The molecule has 0 bridgehead atoms. The molecule has 4 heterocycles. The lowest BCUT2D eigenvalue weighted by Gasteiger charge is -2.21. The Hall–Kier alpha value is -2.10. The predicted molar refractivity (Wildman–Crippen MR) is 98.3 cm³/mol. The van der Waals surface area contributed by atoms with Crippen LogP contribution in [0.5, 0.6) is 0 Å². The Kier molecular flexibility index (Phi) is 5.03. The summed E-state index contributed by atoms with van der Waals surface area (Å²) in [5.74, 6) is 2.73. The highest BCUT2D eigenvalue weighted by Crippen LogP contribution is 2.22. The molecule has 0 spiro atoms. The minimum Gasteiger partial charge on any atom is -0.335 e. The molecule has 1 unspecified atom stereocenters. The predicted octanol–water partition coefficient (Wildman–Crippen LogP) is 4.62. The zero-order valence-corrected chi connectivity index (χ0v) is 15.2. The Morgan fingerprint density at radius 3 is 2.71 bits per heavy atom. The van der Waals surface area contributed by atoms with Crippen LogP contribution in [0.4, 0.5) is 0 Å². The molecule has 0 aromatic carbocycles. The van der Waals surface area contributed by atoms with Gasteiger partial charge >= 0.3 is 0 Å². The van der Waals surface area contributed by atoms with Gasteiger partial charge in [-0.05, 0) is 42.4 Å². The van der Waals surface area contributed by atoms with Crippen LogP contribution in [0.25, 0.3) is 5.65 Å². The molecule has 3 aromatic heterocycles. The van der Waals surface area contributed by atoms with Crippen LogP contribution in [0.15, 0.2) is 37.1 Å². The SMILES string of the molecule is CCC1CCn2ccnc2C1.Cc1c(C(C)C)ccn2ccnc12. The summed E-state index contributed by atoms with van der Waals surface area (Å²) in [4.78, 5) is 8.64. The Balaban J connectivity index is 0.000000143. The molecule has 0 aliphatic carbocycles. The van der Waals surface area contributed by atoms with Crippen LogP contribution < -0.4 is 0 Å². The van der Waals surface area contributed by atoms with Crippen LogP contribution in [0.3, 0.4) is 0 Å². The van der Waals surface area contributed by atoms with Crippen LogP contribution in [0.1, 0.15) is 56.5 Å². The van der Waals surface area contributed by atoms with Crippen LogP contribution >= 0.6 is 0 Å². The molecule has 3 aromatic rings. The van der Waals surface area contributed by atoms with Gasteiger partial charge < -0.3 is 8.97 Å². The zero-order chi connectivity index (χ0) is 17.1. The molecule has 0 N–H and O–H groups in total. The molecule has 0 saturated heterocycles. The van der Waals surface area contributed by atoms with Gasteiger partial charge in [0, 0.05) is 43.9 Å². The first-order valence-corrected chi connectivity index (χ1v) is 9.02. The molecule has 1 atom stereocenters. The fourth-order valence-corrected chi connectivity index (χ4v) is 3.53. The van der Waals surface area contributed by atoms with Crippen molar-refractivity contribution in [3.8, 4) is 0 Å². The van der Waals surface area contributed by atoms with Gasteiger partial charge in [0.05, 0.1) is 0 Å². The smallest absolute Gasteiger partial charge is 0.139 e. The normalized spacial score (nSPS) is 16.8. The number of nitrogens with zero attached hydrogens (tertiary/aromatic N) is 4. The summed E-state index contributed by atoms with van der Waals surface area (Å²) in [6.07, 6.45) is 13.7. The van der Waals surface area contributed by atoms with Crippen molar-refractivity contribution in [2.45, 2.75) is 59.4 Å². The van der Waals surface area contributed by atoms with Crippen molar-refractivity contribution in [3.63, 3.8) is 0 Å². The number of aryl methyl sites for hydroxylation is 2. The molecule has 128 valence electrons. The monoisotopic (exact) mass is 324 g/mol. The molecule has 0 amide bonds. The van der Waals surface area contributed by atoms with E-state index in [-0.39, 0.29) is 0 Å². The minimum absolute atomic E-state index is 0.571. The summed E-state index contributed by atoms with van der Waals surface area (Å²) in [6.45, 7) is 10.00. The fourth-order valence-electron chi connectivity index (χ4n) is 3.53. The molecule has 0 radical (unpaired) electrons. The van der Waals surface area contributed by atoms with Crippen molar-refractivity contribution in [1.29, 1.82) is 0 Å². The maximum absolute atomic E-state index is 4.32. The molecular weight excluding hydrogens is 296 g/mol. The molecule has 0 fully saturated rings. The van der Waals surface area contributed by atoms with Gasteiger partial charge in [-0.15, -0.1) is 0 Å². The van der Waals surface area contributed by atoms with Gasteiger partial charge in [-0.2, -0.15) is 0 Å². The number of hydrogen-bond donors (Lipinski definition) is 0. The minimum atomic E-state index is 0.571. The van der Waals surface area contributed by atoms with Crippen molar-refractivity contribution in [1.82, 2.24) is 18.9 Å². The van der Waals surface area contributed by atoms with Crippen molar-refractivity contribution >= 4 is 5.65 Å². The second-order valence-electron chi connectivity index (χ2n) is 7.01. The number of fused-ring (bicyclic) bond motifs is 2. The van der Waals surface area contributed by atoms with Crippen molar-refractivity contribution < 1.29 is 0 Å². The Morgan fingerprint density at radius 2 is 1.96 bits per heavy atom. The summed E-state index contributed by atoms with van der Waals surface area (Å²) in [7, 11) is 0. The van der Waals surface area contributed by atoms with Gasteiger partial charge in [0.15, 0.2) is 0 Å². The number of pyridine rings is 1. The van der Waals surface area contributed by atoms with Crippen molar-refractivity contribution in [3.05, 3.63) is 54.0 Å². The highest BCUT2D eigenvalue weighted by atomic mass is 15.1. The molecule has 24 heavy (non-hydrogen) atoms. The fraction of sp³-hybridized carbons (Fsp3) is 0.500. The van der Waals surface area contributed by atoms with E-state index in [1.165, 1.54) is 42.8 Å². The van der Waals surface area contributed by atoms with Crippen LogP contribution in [0, 0.1) is 12.8 Å². The number of hydrogen-bond acceptors (Lipinski definition) is 2. The first-order valence-electron chi connectivity index (χ1n) is 9.02. The third-order valence-corrected chi connectivity index (χ3v) is 5.10. The first-order chi connectivity index (χ1) is 11.6. The summed E-state index contributed by atoms with van der Waals surface area (Å²) >= 11 is 0. The molecule has 0 saturated carbocycles. The molecule has 4 nitrogen and oxygen atoms in total. The number of aromatic nitrogens is 4. The largest absolute Gasteiger partial charge is 0.335 e. The average Bonchev–Trinajstić information content (AvgIpc) is 3.23. The van der Waals surface area contributed by atoms with Crippen LogP contribution in [-0.4, -0.2) is 18.9 Å². The summed E-state index contributed by atoms with van der Waals surface area (Å²) in [6, 6.07) is 2.18. The first kappa shape index (κ1) is 16.7. The third kappa shape index (κ3) is 3.37. The summed E-state index contributed by atoms with van der Waals surface area (Å²) < 4.78 is 4.33. The lowest BCUT2D eigenvalue weighted by atomic mass is 9.95. The van der Waals surface area contributed by atoms with Gasteiger partial charge in [0.2, 0.25) is 0 Å². The van der Waals surface area contributed by atoms with E-state index in [9.17, 15) is 0 Å². The highest BCUT2D eigenvalue weighted by molar-refractivity contribution is 5.51. The van der Waals surface area contributed by atoms with Gasteiger partial charge in [-0.1, -0.05) is 27.2 Å².